The standard InChI is InChI=1S/C42H26N2Si/c1-4-17-34-28(12-1)32-15-11-16-33-29-25-24-27(26-37(29)44(34)42(32)33)43-35-18-5-9-22-40(35)45(41-23-10-6-19-36(41)43)38-20-7-2-13-30(38)31-14-3-8-21-39(31)45/h1-26H. The lowest BCUT2D eigenvalue weighted by Crippen LogP contribution is -2.75. The van der Waals surface area contributed by atoms with Crippen molar-refractivity contribution in [3.8, 4) is 11.1 Å². The van der Waals surface area contributed by atoms with Gasteiger partial charge in [0.05, 0.1) is 16.6 Å². The Morgan fingerprint density at radius 1 is 0.378 bits per heavy atom. The monoisotopic (exact) mass is 586 g/mol. The first-order valence-electron chi connectivity index (χ1n) is 15.7. The molecule has 4 heterocycles. The van der Waals surface area contributed by atoms with Crippen LogP contribution < -0.4 is 25.6 Å². The van der Waals surface area contributed by atoms with Gasteiger partial charge in [-0.25, -0.2) is 0 Å². The van der Waals surface area contributed by atoms with Crippen LogP contribution in [0.2, 0.25) is 0 Å². The Balaban J connectivity index is 1.25. The number of hydrogen-bond donors (Lipinski definition) is 0. The van der Waals surface area contributed by atoms with Crippen molar-refractivity contribution in [2.75, 3.05) is 4.90 Å². The van der Waals surface area contributed by atoms with Gasteiger partial charge in [-0.1, -0.05) is 127 Å². The van der Waals surface area contributed by atoms with E-state index in [1.807, 2.05) is 0 Å². The van der Waals surface area contributed by atoms with E-state index in [0.717, 1.165) is 0 Å². The van der Waals surface area contributed by atoms with Gasteiger partial charge in [0.15, 0.2) is 8.07 Å². The molecule has 208 valence electrons. The molecule has 7 aromatic carbocycles. The fraction of sp³-hybridized carbons (Fsp3) is 0. The minimum Gasteiger partial charge on any atom is -0.311 e. The summed E-state index contributed by atoms with van der Waals surface area (Å²) in [5.74, 6) is 0. The first-order valence-corrected chi connectivity index (χ1v) is 17.7. The molecule has 0 atom stereocenters. The Bertz CT molecular complexity index is 2590. The minimum absolute atomic E-state index is 1.19. The van der Waals surface area contributed by atoms with E-state index >= 15 is 0 Å². The zero-order valence-electron chi connectivity index (χ0n) is 24.4. The largest absolute Gasteiger partial charge is 0.311 e. The third kappa shape index (κ3) is 2.73. The Morgan fingerprint density at radius 2 is 0.889 bits per heavy atom. The van der Waals surface area contributed by atoms with Crippen LogP contribution in [0.3, 0.4) is 0 Å². The molecule has 2 aliphatic heterocycles. The van der Waals surface area contributed by atoms with E-state index in [2.05, 4.69) is 167 Å². The highest BCUT2D eigenvalue weighted by molar-refractivity contribution is 7.23. The van der Waals surface area contributed by atoms with E-state index in [1.54, 1.807) is 0 Å². The molecule has 0 N–H and O–H groups in total. The van der Waals surface area contributed by atoms with Crippen LogP contribution in [0.5, 0.6) is 0 Å². The number of fused-ring (bicyclic) bond motifs is 15. The molecule has 11 rings (SSSR count). The quantitative estimate of drug-likeness (QED) is 0.177. The molecule has 3 heteroatoms. The van der Waals surface area contributed by atoms with E-state index in [4.69, 9.17) is 0 Å². The summed E-state index contributed by atoms with van der Waals surface area (Å²) in [5, 5.41) is 11.2. The number of aromatic nitrogens is 1. The molecule has 0 bridgehead atoms. The molecule has 0 saturated carbocycles. The van der Waals surface area contributed by atoms with Crippen LogP contribution in [-0.2, 0) is 0 Å². The second-order valence-corrected chi connectivity index (χ2v) is 16.1. The molecule has 0 fully saturated rings. The van der Waals surface area contributed by atoms with Crippen molar-refractivity contribution < 1.29 is 0 Å². The Morgan fingerprint density at radius 3 is 1.56 bits per heavy atom. The van der Waals surface area contributed by atoms with Crippen LogP contribution >= 0.6 is 0 Å². The molecule has 2 aliphatic rings. The van der Waals surface area contributed by atoms with Crippen LogP contribution in [0.1, 0.15) is 0 Å². The normalized spacial score (nSPS) is 14.4. The number of para-hydroxylation sites is 4. The molecule has 0 amide bonds. The zero-order chi connectivity index (χ0) is 29.3. The number of benzene rings is 7. The fourth-order valence-corrected chi connectivity index (χ4v) is 14.4. The van der Waals surface area contributed by atoms with E-state index in [0.29, 0.717) is 0 Å². The van der Waals surface area contributed by atoms with Gasteiger partial charge in [-0.15, -0.1) is 0 Å². The van der Waals surface area contributed by atoms with Crippen LogP contribution in [-0.4, -0.2) is 12.5 Å². The summed E-state index contributed by atoms with van der Waals surface area (Å²) in [6.45, 7) is 0. The van der Waals surface area contributed by atoms with E-state index < -0.39 is 8.07 Å². The van der Waals surface area contributed by atoms with Crippen molar-refractivity contribution in [3.63, 3.8) is 0 Å². The van der Waals surface area contributed by atoms with Crippen molar-refractivity contribution >= 4 is 84.0 Å². The lowest BCUT2D eigenvalue weighted by Gasteiger charge is -2.43. The maximum atomic E-state index is 2.53. The highest BCUT2D eigenvalue weighted by Gasteiger charge is 2.53. The van der Waals surface area contributed by atoms with Gasteiger partial charge < -0.3 is 9.30 Å². The minimum atomic E-state index is -2.56. The molecule has 0 saturated heterocycles. The third-order valence-corrected chi connectivity index (χ3v) is 15.5. The van der Waals surface area contributed by atoms with E-state index in [1.165, 1.54) is 87.0 Å². The average Bonchev–Trinajstić information content (AvgIpc) is 3.73. The highest BCUT2D eigenvalue weighted by atomic mass is 28.3. The molecule has 0 radical (unpaired) electrons. The molecule has 1 spiro atoms. The summed E-state index contributed by atoms with van der Waals surface area (Å²) in [5.41, 5.74) is 10.4. The predicted molar refractivity (Wildman–Crippen MR) is 192 cm³/mol. The molecular formula is C42H26N2Si. The maximum Gasteiger partial charge on any atom is 0.185 e. The Labute approximate surface area is 261 Å². The number of hydrogen-bond acceptors (Lipinski definition) is 1. The molecular weight excluding hydrogens is 561 g/mol. The van der Waals surface area contributed by atoms with Gasteiger partial charge in [0.1, 0.15) is 0 Å². The van der Waals surface area contributed by atoms with Crippen molar-refractivity contribution in [2.45, 2.75) is 0 Å². The van der Waals surface area contributed by atoms with Crippen LogP contribution in [0.4, 0.5) is 17.1 Å². The van der Waals surface area contributed by atoms with Crippen molar-refractivity contribution in [2.24, 2.45) is 0 Å². The van der Waals surface area contributed by atoms with Crippen LogP contribution in [0.15, 0.2) is 158 Å². The average molecular weight is 587 g/mol. The maximum absolute atomic E-state index is 2.56. The lowest BCUT2D eigenvalue weighted by molar-refractivity contribution is 1.29. The summed E-state index contributed by atoms with van der Waals surface area (Å²) < 4.78 is 2.49. The third-order valence-electron chi connectivity index (χ3n) is 10.5. The SMILES string of the molecule is c1ccc2c(c1)-c1ccccc1[Si]21c2ccccc2N(c2ccc3c4cccc5c6ccccc6n(c3c2)c54)c2ccccc21. The second kappa shape index (κ2) is 8.29. The highest BCUT2D eigenvalue weighted by Crippen LogP contribution is 2.44. The van der Waals surface area contributed by atoms with Gasteiger partial charge in [0.2, 0.25) is 0 Å². The molecule has 2 aromatic heterocycles. The summed E-state index contributed by atoms with van der Waals surface area (Å²) >= 11 is 0. The fourth-order valence-electron chi connectivity index (χ4n) is 8.90. The molecule has 9 aromatic rings. The van der Waals surface area contributed by atoms with Gasteiger partial charge in [0, 0.05) is 38.6 Å². The topological polar surface area (TPSA) is 7.65 Å². The van der Waals surface area contributed by atoms with Gasteiger partial charge in [-0.2, -0.15) is 0 Å². The number of rotatable bonds is 1. The predicted octanol–water partition coefficient (Wildman–Crippen LogP) is 7.98. The van der Waals surface area contributed by atoms with Crippen molar-refractivity contribution in [1.82, 2.24) is 4.40 Å². The summed E-state index contributed by atoms with van der Waals surface area (Å²) in [6, 6.07) is 59.4. The smallest absolute Gasteiger partial charge is 0.185 e. The first-order chi connectivity index (χ1) is 22.4. The molecule has 0 unspecified atom stereocenters. The van der Waals surface area contributed by atoms with Crippen molar-refractivity contribution in [3.05, 3.63) is 158 Å². The zero-order valence-corrected chi connectivity index (χ0v) is 25.4. The Kier molecular flexibility index (Phi) is 4.38. The number of anilines is 3. The molecule has 0 aliphatic carbocycles. The van der Waals surface area contributed by atoms with E-state index in [-0.39, 0.29) is 0 Å². The van der Waals surface area contributed by atoms with Gasteiger partial charge in [-0.05, 0) is 62.2 Å². The van der Waals surface area contributed by atoms with Gasteiger partial charge in [-0.3, -0.25) is 0 Å². The lowest BCUT2D eigenvalue weighted by atomic mass is 10.1. The molecule has 45 heavy (non-hydrogen) atoms. The van der Waals surface area contributed by atoms with Crippen LogP contribution in [0, 0.1) is 0 Å². The second-order valence-electron chi connectivity index (χ2n) is 12.5. The molecule has 2 nitrogen and oxygen atoms in total. The van der Waals surface area contributed by atoms with E-state index in [9.17, 15) is 0 Å². The van der Waals surface area contributed by atoms with Gasteiger partial charge >= 0.3 is 0 Å². The van der Waals surface area contributed by atoms with Crippen LogP contribution in [0.25, 0.3) is 49.2 Å². The first kappa shape index (κ1) is 23.8. The van der Waals surface area contributed by atoms with Gasteiger partial charge in [0.25, 0.3) is 0 Å². The Hall–Kier alpha value is -5.64. The van der Waals surface area contributed by atoms with Crippen molar-refractivity contribution in [1.29, 1.82) is 0 Å². The summed E-state index contributed by atoms with van der Waals surface area (Å²) in [6.07, 6.45) is 0. The number of nitrogens with zero attached hydrogens (tertiary/aromatic N) is 2. The summed E-state index contributed by atoms with van der Waals surface area (Å²) in [7, 11) is -2.56. The summed E-state index contributed by atoms with van der Waals surface area (Å²) in [4.78, 5) is 2.53.